The molecule has 0 unspecified atom stereocenters. The number of halogens is 2. The standard InChI is InChI=1S/C19H14Cl2N2OS/c1-12-18(14-5-3-2-4-6-14)23-19(25-12)22-17(24)10-8-13-7-9-15(20)16(21)11-13/h2-11H,1H3,(H,22,23,24)/b10-8+. The van der Waals surface area contributed by atoms with Gasteiger partial charge >= 0.3 is 0 Å². The molecule has 0 radical (unpaired) electrons. The third-order valence-corrected chi connectivity index (χ3v) is 5.07. The van der Waals surface area contributed by atoms with Crippen molar-refractivity contribution in [3.05, 3.63) is 75.1 Å². The summed E-state index contributed by atoms with van der Waals surface area (Å²) in [5.74, 6) is -0.251. The highest BCUT2D eigenvalue weighted by Crippen LogP contribution is 2.30. The molecular formula is C19H14Cl2N2OS. The van der Waals surface area contributed by atoms with E-state index >= 15 is 0 Å². The van der Waals surface area contributed by atoms with Gasteiger partial charge in [0.05, 0.1) is 15.7 Å². The van der Waals surface area contributed by atoms with E-state index in [1.807, 2.05) is 37.3 Å². The van der Waals surface area contributed by atoms with Crippen LogP contribution < -0.4 is 5.32 Å². The number of carbonyl (C=O) groups is 1. The van der Waals surface area contributed by atoms with Crippen LogP contribution >= 0.6 is 34.5 Å². The highest BCUT2D eigenvalue weighted by Gasteiger charge is 2.10. The van der Waals surface area contributed by atoms with Crippen molar-refractivity contribution in [3.8, 4) is 11.3 Å². The van der Waals surface area contributed by atoms with Crippen LogP contribution in [0.1, 0.15) is 10.4 Å². The number of aromatic nitrogens is 1. The number of amides is 1. The van der Waals surface area contributed by atoms with Crippen LogP contribution in [0, 0.1) is 6.92 Å². The molecule has 3 aromatic rings. The molecule has 1 aromatic heterocycles. The monoisotopic (exact) mass is 388 g/mol. The Morgan fingerprint density at radius 1 is 1.12 bits per heavy atom. The molecule has 0 aliphatic rings. The van der Waals surface area contributed by atoms with E-state index in [2.05, 4.69) is 10.3 Å². The minimum atomic E-state index is -0.251. The van der Waals surface area contributed by atoms with Gasteiger partial charge < -0.3 is 0 Å². The van der Waals surface area contributed by atoms with Crippen molar-refractivity contribution in [2.24, 2.45) is 0 Å². The SMILES string of the molecule is Cc1sc(NC(=O)/C=C/c2ccc(Cl)c(Cl)c2)nc1-c1ccccc1. The lowest BCUT2D eigenvalue weighted by Gasteiger charge is -1.99. The first-order chi connectivity index (χ1) is 12.0. The number of thiazole rings is 1. The van der Waals surface area contributed by atoms with Crippen LogP contribution in [-0.4, -0.2) is 10.9 Å². The summed E-state index contributed by atoms with van der Waals surface area (Å²) in [5, 5.41) is 4.29. The Balaban J connectivity index is 1.71. The molecule has 0 fully saturated rings. The van der Waals surface area contributed by atoms with E-state index in [4.69, 9.17) is 23.2 Å². The fourth-order valence-electron chi connectivity index (χ4n) is 2.25. The zero-order chi connectivity index (χ0) is 17.8. The first-order valence-corrected chi connectivity index (χ1v) is 9.07. The van der Waals surface area contributed by atoms with Crippen molar-refractivity contribution in [3.63, 3.8) is 0 Å². The van der Waals surface area contributed by atoms with Gasteiger partial charge in [0.25, 0.3) is 0 Å². The van der Waals surface area contributed by atoms with Crippen LogP contribution in [0.3, 0.4) is 0 Å². The van der Waals surface area contributed by atoms with Gasteiger partial charge in [0.15, 0.2) is 5.13 Å². The van der Waals surface area contributed by atoms with E-state index in [1.165, 1.54) is 17.4 Å². The van der Waals surface area contributed by atoms with E-state index in [0.717, 1.165) is 21.7 Å². The molecule has 3 rings (SSSR count). The van der Waals surface area contributed by atoms with Crippen LogP contribution in [0.4, 0.5) is 5.13 Å². The maximum atomic E-state index is 12.1. The zero-order valence-corrected chi connectivity index (χ0v) is 15.6. The lowest BCUT2D eigenvalue weighted by molar-refractivity contribution is -0.111. The van der Waals surface area contributed by atoms with Crippen molar-refractivity contribution in [1.29, 1.82) is 0 Å². The predicted molar refractivity (Wildman–Crippen MR) is 106 cm³/mol. The Morgan fingerprint density at radius 3 is 2.60 bits per heavy atom. The number of rotatable bonds is 4. The Bertz CT molecular complexity index is 936. The normalized spacial score (nSPS) is 11.0. The van der Waals surface area contributed by atoms with E-state index in [1.54, 1.807) is 24.3 Å². The number of carbonyl (C=O) groups excluding carboxylic acids is 1. The van der Waals surface area contributed by atoms with Crippen LogP contribution in [-0.2, 0) is 4.79 Å². The molecular weight excluding hydrogens is 375 g/mol. The fourth-order valence-corrected chi connectivity index (χ4v) is 3.39. The molecule has 126 valence electrons. The molecule has 0 aliphatic carbocycles. The molecule has 3 nitrogen and oxygen atoms in total. The van der Waals surface area contributed by atoms with E-state index in [9.17, 15) is 4.79 Å². The summed E-state index contributed by atoms with van der Waals surface area (Å²) >= 11 is 13.3. The van der Waals surface area contributed by atoms with Crippen LogP contribution in [0.2, 0.25) is 10.0 Å². The summed E-state index contributed by atoms with van der Waals surface area (Å²) in [7, 11) is 0. The molecule has 6 heteroatoms. The fraction of sp³-hybridized carbons (Fsp3) is 0.0526. The van der Waals surface area contributed by atoms with Gasteiger partial charge in [0.2, 0.25) is 5.91 Å². The average molecular weight is 389 g/mol. The van der Waals surface area contributed by atoms with Gasteiger partial charge in [-0.1, -0.05) is 59.6 Å². The zero-order valence-electron chi connectivity index (χ0n) is 13.3. The van der Waals surface area contributed by atoms with E-state index < -0.39 is 0 Å². The second-order valence-corrected chi connectivity index (χ2v) is 7.30. The number of hydrogen-bond acceptors (Lipinski definition) is 3. The molecule has 0 aliphatic heterocycles. The second kappa shape index (κ2) is 7.83. The topological polar surface area (TPSA) is 42.0 Å². The van der Waals surface area contributed by atoms with Crippen molar-refractivity contribution >= 4 is 51.7 Å². The average Bonchev–Trinajstić information content (AvgIpc) is 2.97. The molecule has 0 saturated carbocycles. The van der Waals surface area contributed by atoms with Gasteiger partial charge in [0.1, 0.15) is 0 Å². The van der Waals surface area contributed by atoms with Gasteiger partial charge in [-0.2, -0.15) is 0 Å². The molecule has 0 bridgehead atoms. The maximum absolute atomic E-state index is 12.1. The third-order valence-electron chi connectivity index (χ3n) is 3.44. The molecule has 1 heterocycles. The molecule has 0 spiro atoms. The van der Waals surface area contributed by atoms with Crippen molar-refractivity contribution in [2.75, 3.05) is 5.32 Å². The maximum Gasteiger partial charge on any atom is 0.250 e. The van der Waals surface area contributed by atoms with Crippen molar-refractivity contribution in [2.45, 2.75) is 6.92 Å². The largest absolute Gasteiger partial charge is 0.298 e. The van der Waals surface area contributed by atoms with Crippen LogP contribution in [0.25, 0.3) is 17.3 Å². The summed E-state index contributed by atoms with van der Waals surface area (Å²) in [6.45, 7) is 1.99. The second-order valence-electron chi connectivity index (χ2n) is 5.29. The lowest BCUT2D eigenvalue weighted by Crippen LogP contribution is -2.07. The number of nitrogens with zero attached hydrogens (tertiary/aromatic N) is 1. The van der Waals surface area contributed by atoms with Crippen LogP contribution in [0.5, 0.6) is 0 Å². The number of benzene rings is 2. The van der Waals surface area contributed by atoms with Gasteiger partial charge in [-0.25, -0.2) is 4.98 Å². The quantitative estimate of drug-likeness (QED) is 0.550. The Hall–Kier alpha value is -2.14. The molecule has 0 saturated heterocycles. The summed E-state index contributed by atoms with van der Waals surface area (Å²) < 4.78 is 0. The van der Waals surface area contributed by atoms with Gasteiger partial charge in [0, 0.05) is 16.5 Å². The van der Waals surface area contributed by atoms with Gasteiger partial charge in [-0.3, -0.25) is 10.1 Å². The van der Waals surface area contributed by atoms with Crippen molar-refractivity contribution < 1.29 is 4.79 Å². The summed E-state index contributed by atoms with van der Waals surface area (Å²) in [5.41, 5.74) is 2.71. The molecule has 2 aromatic carbocycles. The van der Waals surface area contributed by atoms with E-state index in [0.29, 0.717) is 15.2 Å². The smallest absolute Gasteiger partial charge is 0.250 e. The highest BCUT2D eigenvalue weighted by molar-refractivity contribution is 7.16. The van der Waals surface area contributed by atoms with Gasteiger partial charge in [-0.15, -0.1) is 11.3 Å². The Labute approximate surface area is 159 Å². The minimum absolute atomic E-state index is 0.251. The third kappa shape index (κ3) is 4.48. The van der Waals surface area contributed by atoms with E-state index in [-0.39, 0.29) is 5.91 Å². The Morgan fingerprint density at radius 2 is 1.88 bits per heavy atom. The highest BCUT2D eigenvalue weighted by atomic mass is 35.5. The molecule has 1 amide bonds. The lowest BCUT2D eigenvalue weighted by atomic mass is 10.1. The van der Waals surface area contributed by atoms with Crippen molar-refractivity contribution in [1.82, 2.24) is 4.98 Å². The molecule has 1 N–H and O–H groups in total. The number of anilines is 1. The summed E-state index contributed by atoms with van der Waals surface area (Å²) in [6.07, 6.45) is 3.12. The number of hydrogen-bond donors (Lipinski definition) is 1. The Kier molecular flexibility index (Phi) is 5.53. The first-order valence-electron chi connectivity index (χ1n) is 7.50. The van der Waals surface area contributed by atoms with Gasteiger partial charge in [-0.05, 0) is 30.7 Å². The first kappa shape index (κ1) is 17.7. The molecule has 0 atom stereocenters. The summed E-state index contributed by atoms with van der Waals surface area (Å²) in [6, 6.07) is 15.1. The van der Waals surface area contributed by atoms with Crippen LogP contribution in [0.15, 0.2) is 54.6 Å². The molecule has 25 heavy (non-hydrogen) atoms. The predicted octanol–water partition coefficient (Wildman–Crippen LogP) is 6.08. The number of aryl methyl sites for hydroxylation is 1. The summed E-state index contributed by atoms with van der Waals surface area (Å²) in [4.78, 5) is 17.7. The minimum Gasteiger partial charge on any atom is -0.298 e. The number of nitrogens with one attached hydrogen (secondary N) is 1.